The lowest BCUT2D eigenvalue weighted by atomic mass is 9.64. The summed E-state index contributed by atoms with van der Waals surface area (Å²) in [6.07, 6.45) is 5.05. The average molecular weight is 493 g/mol. The molecule has 0 radical (unpaired) electrons. The van der Waals surface area contributed by atoms with E-state index in [0.717, 1.165) is 25.0 Å². The average Bonchev–Trinajstić information content (AvgIpc) is 3.03. The number of rotatable bonds is 10. The zero-order chi connectivity index (χ0) is 19.0. The first kappa shape index (κ1) is 24.1. The first-order valence-electron chi connectivity index (χ1n) is 9.94. The van der Waals surface area contributed by atoms with Crippen molar-refractivity contribution in [3.05, 3.63) is 11.7 Å². The third-order valence-electron chi connectivity index (χ3n) is 4.87. The van der Waals surface area contributed by atoms with Gasteiger partial charge in [-0.25, -0.2) is 4.99 Å². The summed E-state index contributed by atoms with van der Waals surface area (Å²) in [6.45, 7) is 13.3. The van der Waals surface area contributed by atoms with Crippen LogP contribution in [0, 0.1) is 11.3 Å². The summed E-state index contributed by atoms with van der Waals surface area (Å²) in [5.74, 6) is 2.60. The Morgan fingerprint density at radius 2 is 2.00 bits per heavy atom. The Bertz CT molecular complexity index is 572. The topological polar surface area (TPSA) is 84.6 Å². The van der Waals surface area contributed by atoms with Crippen LogP contribution in [0.1, 0.15) is 78.1 Å². The van der Waals surface area contributed by atoms with Gasteiger partial charge in [0.05, 0.1) is 0 Å². The predicted molar refractivity (Wildman–Crippen MR) is 118 cm³/mol. The number of aromatic nitrogens is 2. The van der Waals surface area contributed by atoms with Crippen LogP contribution in [0.25, 0.3) is 0 Å². The fourth-order valence-corrected chi connectivity index (χ4v) is 3.58. The minimum absolute atomic E-state index is 0. The Balaban J connectivity index is 0.00000364. The summed E-state index contributed by atoms with van der Waals surface area (Å²) in [5, 5.41) is 10.8. The van der Waals surface area contributed by atoms with E-state index >= 15 is 0 Å². The first-order valence-corrected chi connectivity index (χ1v) is 9.94. The fourth-order valence-electron chi connectivity index (χ4n) is 3.58. The molecule has 156 valence electrons. The molecule has 1 aromatic rings. The number of guanidine groups is 1. The summed E-state index contributed by atoms with van der Waals surface area (Å²) in [6, 6.07) is 0. The second kappa shape index (κ2) is 11.8. The van der Waals surface area contributed by atoms with E-state index in [9.17, 15) is 0 Å². The molecule has 0 amide bonds. The van der Waals surface area contributed by atoms with E-state index in [1.54, 1.807) is 0 Å². The van der Waals surface area contributed by atoms with Crippen LogP contribution in [0.5, 0.6) is 0 Å². The highest BCUT2D eigenvalue weighted by Gasteiger charge is 2.37. The van der Waals surface area contributed by atoms with E-state index in [1.165, 1.54) is 25.7 Å². The second-order valence-electron chi connectivity index (χ2n) is 7.64. The number of hydrogen-bond acceptors (Lipinski definition) is 5. The van der Waals surface area contributed by atoms with Crippen LogP contribution in [-0.2, 0) is 11.3 Å². The van der Waals surface area contributed by atoms with Gasteiger partial charge in [-0.1, -0.05) is 25.4 Å². The van der Waals surface area contributed by atoms with Gasteiger partial charge in [-0.3, -0.25) is 0 Å². The quantitative estimate of drug-likeness (QED) is 0.291. The normalized spacial score (nSPS) is 17.2. The molecular weight excluding hydrogens is 457 g/mol. The minimum atomic E-state index is -0.164. The minimum Gasteiger partial charge on any atom is -0.371 e. The second-order valence-corrected chi connectivity index (χ2v) is 7.64. The number of nitrogens with one attached hydrogen (secondary N) is 2. The Hall–Kier alpha value is -0.900. The van der Waals surface area contributed by atoms with E-state index in [1.807, 2.05) is 13.8 Å². The highest BCUT2D eigenvalue weighted by molar-refractivity contribution is 14.0. The lowest BCUT2D eigenvalue weighted by Gasteiger charge is -2.43. The maximum Gasteiger partial charge on any atom is 0.248 e. The molecule has 27 heavy (non-hydrogen) atoms. The number of halogens is 1. The van der Waals surface area contributed by atoms with Crippen molar-refractivity contribution in [3.8, 4) is 0 Å². The molecule has 0 saturated heterocycles. The van der Waals surface area contributed by atoms with Gasteiger partial charge in [-0.15, -0.1) is 24.0 Å². The summed E-state index contributed by atoms with van der Waals surface area (Å²) < 4.78 is 10.8. The van der Waals surface area contributed by atoms with Crippen molar-refractivity contribution in [1.82, 2.24) is 20.8 Å². The molecule has 1 unspecified atom stereocenters. The standard InChI is InChI=1S/C19H35N5O2.HI/c1-6-20-18(22-13-19(9-8-10-19)11-14(3)4)21-12-16-23-17(24-26-16)15(5)25-7-2;/h14-15H,6-13H2,1-5H3,(H2,20,21,22);1H. The molecule has 2 rings (SSSR count). The molecule has 1 aromatic heterocycles. The van der Waals surface area contributed by atoms with Crippen LogP contribution < -0.4 is 10.6 Å². The molecule has 1 atom stereocenters. The molecule has 0 aliphatic heterocycles. The zero-order valence-electron chi connectivity index (χ0n) is 17.4. The lowest BCUT2D eigenvalue weighted by molar-refractivity contribution is 0.0683. The Labute approximate surface area is 180 Å². The Kier molecular flexibility index (Phi) is 10.6. The molecule has 0 aromatic carbocycles. The lowest BCUT2D eigenvalue weighted by Crippen LogP contribution is -2.47. The molecular formula is C19H36IN5O2. The largest absolute Gasteiger partial charge is 0.371 e. The summed E-state index contributed by atoms with van der Waals surface area (Å²) in [5.41, 5.74) is 0.426. The van der Waals surface area contributed by atoms with Crippen molar-refractivity contribution in [3.63, 3.8) is 0 Å². The van der Waals surface area contributed by atoms with Crippen molar-refractivity contribution < 1.29 is 9.26 Å². The van der Waals surface area contributed by atoms with Crippen molar-refractivity contribution in [1.29, 1.82) is 0 Å². The fraction of sp³-hybridized carbons (Fsp3) is 0.842. The van der Waals surface area contributed by atoms with Crippen molar-refractivity contribution in [2.45, 2.75) is 73.0 Å². The molecule has 1 saturated carbocycles. The van der Waals surface area contributed by atoms with Gasteiger partial charge >= 0.3 is 0 Å². The van der Waals surface area contributed by atoms with Crippen LogP contribution >= 0.6 is 24.0 Å². The number of nitrogens with zero attached hydrogens (tertiary/aromatic N) is 3. The molecule has 8 heteroatoms. The maximum atomic E-state index is 5.49. The number of aliphatic imine (C=N–C) groups is 1. The third kappa shape index (κ3) is 7.56. The van der Waals surface area contributed by atoms with Crippen LogP contribution in [0.15, 0.2) is 9.52 Å². The van der Waals surface area contributed by atoms with E-state index in [2.05, 4.69) is 46.5 Å². The molecule has 7 nitrogen and oxygen atoms in total. The summed E-state index contributed by atoms with van der Waals surface area (Å²) in [7, 11) is 0. The van der Waals surface area contributed by atoms with Crippen molar-refractivity contribution in [2.24, 2.45) is 16.3 Å². The van der Waals surface area contributed by atoms with Crippen LogP contribution in [-0.4, -0.2) is 35.8 Å². The molecule has 0 bridgehead atoms. The molecule has 1 heterocycles. The van der Waals surface area contributed by atoms with E-state index in [0.29, 0.717) is 30.3 Å². The van der Waals surface area contributed by atoms with Crippen LogP contribution in [0.3, 0.4) is 0 Å². The Morgan fingerprint density at radius 3 is 2.56 bits per heavy atom. The van der Waals surface area contributed by atoms with Crippen LogP contribution in [0.4, 0.5) is 0 Å². The van der Waals surface area contributed by atoms with Gasteiger partial charge in [0.25, 0.3) is 0 Å². The highest BCUT2D eigenvalue weighted by atomic mass is 127. The molecule has 1 aliphatic carbocycles. The SMILES string of the molecule is CCNC(=NCc1nc(C(C)OCC)no1)NCC1(CC(C)C)CCC1.I. The van der Waals surface area contributed by atoms with Gasteiger partial charge in [-0.2, -0.15) is 4.98 Å². The van der Waals surface area contributed by atoms with E-state index in [-0.39, 0.29) is 30.1 Å². The third-order valence-corrected chi connectivity index (χ3v) is 4.87. The molecule has 2 N–H and O–H groups in total. The Morgan fingerprint density at radius 1 is 1.26 bits per heavy atom. The van der Waals surface area contributed by atoms with Gasteiger partial charge < -0.3 is 19.9 Å². The number of hydrogen-bond donors (Lipinski definition) is 2. The van der Waals surface area contributed by atoms with E-state index in [4.69, 9.17) is 9.26 Å². The number of ether oxygens (including phenoxy) is 1. The van der Waals surface area contributed by atoms with Gasteiger partial charge in [0.2, 0.25) is 5.89 Å². The monoisotopic (exact) mass is 493 g/mol. The van der Waals surface area contributed by atoms with E-state index < -0.39 is 0 Å². The predicted octanol–water partition coefficient (Wildman–Crippen LogP) is 4.06. The highest BCUT2D eigenvalue weighted by Crippen LogP contribution is 2.45. The van der Waals surface area contributed by atoms with Crippen LogP contribution in [0.2, 0.25) is 0 Å². The molecule has 1 aliphatic rings. The maximum absolute atomic E-state index is 5.49. The van der Waals surface area contributed by atoms with Gasteiger partial charge in [-0.05, 0) is 51.4 Å². The van der Waals surface area contributed by atoms with Gasteiger partial charge in [0.1, 0.15) is 12.6 Å². The first-order chi connectivity index (χ1) is 12.5. The van der Waals surface area contributed by atoms with Crippen molar-refractivity contribution >= 4 is 29.9 Å². The smallest absolute Gasteiger partial charge is 0.248 e. The van der Waals surface area contributed by atoms with Crippen molar-refractivity contribution in [2.75, 3.05) is 19.7 Å². The summed E-state index contributed by atoms with van der Waals surface area (Å²) >= 11 is 0. The molecule has 1 fully saturated rings. The summed E-state index contributed by atoms with van der Waals surface area (Å²) in [4.78, 5) is 8.97. The van der Waals surface area contributed by atoms with Gasteiger partial charge in [0.15, 0.2) is 11.8 Å². The van der Waals surface area contributed by atoms with Gasteiger partial charge in [0, 0.05) is 19.7 Å². The molecule has 0 spiro atoms. The zero-order valence-corrected chi connectivity index (χ0v) is 19.7.